The molecule has 108 valence electrons. The zero-order valence-corrected chi connectivity index (χ0v) is 12.8. The lowest BCUT2D eigenvalue weighted by atomic mass is 10.1. The number of carbonyl (C=O) groups excluding carboxylic acids is 2. The maximum absolute atomic E-state index is 12.5. The van der Waals surface area contributed by atoms with Gasteiger partial charge in [-0.05, 0) is 41.6 Å². The maximum atomic E-state index is 12.5. The first-order valence-electron chi connectivity index (χ1n) is 6.76. The van der Waals surface area contributed by atoms with Crippen LogP contribution in [-0.2, 0) is 17.8 Å². The number of nitrogens with one attached hydrogen (secondary N) is 1. The molecular formula is C16H16N2O2S. The molecule has 0 spiro atoms. The highest BCUT2D eigenvalue weighted by Crippen LogP contribution is 2.25. The second-order valence-corrected chi connectivity index (χ2v) is 6.29. The molecule has 3 rings (SSSR count). The van der Waals surface area contributed by atoms with E-state index >= 15 is 0 Å². The fraction of sp³-hybridized carbons (Fsp3) is 0.250. The van der Waals surface area contributed by atoms with E-state index in [0.29, 0.717) is 18.5 Å². The lowest BCUT2D eigenvalue weighted by Crippen LogP contribution is -2.26. The number of hydrogen-bond acceptors (Lipinski definition) is 3. The SMILES string of the molecule is Cc1ccsc1CN(C)C(=O)c1ccc2c(c1)NC(=O)C2. The second kappa shape index (κ2) is 5.33. The van der Waals surface area contributed by atoms with Gasteiger partial charge in [0.2, 0.25) is 5.91 Å². The van der Waals surface area contributed by atoms with Crippen LogP contribution in [0, 0.1) is 6.92 Å². The number of carbonyl (C=O) groups is 2. The summed E-state index contributed by atoms with van der Waals surface area (Å²) < 4.78 is 0. The molecule has 0 bridgehead atoms. The Kier molecular flexibility index (Phi) is 3.51. The number of benzene rings is 1. The van der Waals surface area contributed by atoms with Crippen LogP contribution >= 0.6 is 11.3 Å². The first-order chi connectivity index (χ1) is 10.0. The summed E-state index contributed by atoms with van der Waals surface area (Å²) in [6, 6.07) is 7.47. The van der Waals surface area contributed by atoms with Crippen LogP contribution < -0.4 is 5.32 Å². The highest BCUT2D eigenvalue weighted by Gasteiger charge is 2.20. The number of hydrogen-bond donors (Lipinski definition) is 1. The standard InChI is InChI=1S/C16H16N2O2S/c1-10-5-6-21-14(10)9-18(2)16(20)12-4-3-11-8-15(19)17-13(11)7-12/h3-7H,8-9H2,1-2H3,(H,17,19). The predicted molar refractivity (Wildman–Crippen MR) is 83.6 cm³/mol. The fourth-order valence-corrected chi connectivity index (χ4v) is 3.38. The number of anilines is 1. The molecule has 2 aromatic rings. The van der Waals surface area contributed by atoms with Gasteiger partial charge in [-0.2, -0.15) is 0 Å². The van der Waals surface area contributed by atoms with E-state index in [-0.39, 0.29) is 11.8 Å². The Hall–Kier alpha value is -2.14. The molecule has 1 aliphatic rings. The van der Waals surface area contributed by atoms with Crippen molar-refractivity contribution in [3.63, 3.8) is 0 Å². The van der Waals surface area contributed by atoms with Gasteiger partial charge in [-0.15, -0.1) is 11.3 Å². The summed E-state index contributed by atoms with van der Waals surface area (Å²) in [5.41, 5.74) is 3.52. The summed E-state index contributed by atoms with van der Waals surface area (Å²) >= 11 is 1.66. The number of nitrogens with zero attached hydrogens (tertiary/aromatic N) is 1. The van der Waals surface area contributed by atoms with E-state index in [1.54, 1.807) is 35.4 Å². The molecule has 1 aromatic carbocycles. The van der Waals surface area contributed by atoms with Crippen molar-refractivity contribution in [3.8, 4) is 0 Å². The van der Waals surface area contributed by atoms with Crippen LogP contribution in [-0.4, -0.2) is 23.8 Å². The molecular weight excluding hydrogens is 284 g/mol. The first kappa shape index (κ1) is 13.8. The van der Waals surface area contributed by atoms with Crippen molar-refractivity contribution in [2.24, 2.45) is 0 Å². The van der Waals surface area contributed by atoms with Crippen LogP contribution in [0.1, 0.15) is 26.4 Å². The minimum atomic E-state index is -0.0354. The van der Waals surface area contributed by atoms with Gasteiger partial charge in [0.05, 0.1) is 13.0 Å². The van der Waals surface area contributed by atoms with Gasteiger partial charge >= 0.3 is 0 Å². The summed E-state index contributed by atoms with van der Waals surface area (Å²) in [5.74, 6) is -0.0519. The van der Waals surface area contributed by atoms with Crippen LogP contribution in [0.3, 0.4) is 0 Å². The Labute approximate surface area is 127 Å². The van der Waals surface area contributed by atoms with Gasteiger partial charge in [0.1, 0.15) is 0 Å². The summed E-state index contributed by atoms with van der Waals surface area (Å²) in [5, 5.41) is 4.81. The van der Waals surface area contributed by atoms with Crippen LogP contribution in [0.15, 0.2) is 29.6 Å². The third-order valence-corrected chi connectivity index (χ3v) is 4.69. The molecule has 0 radical (unpaired) electrons. The van der Waals surface area contributed by atoms with Crippen molar-refractivity contribution in [1.82, 2.24) is 4.90 Å². The number of thiophene rings is 1. The van der Waals surface area contributed by atoms with E-state index in [2.05, 4.69) is 18.3 Å². The Morgan fingerprint density at radius 3 is 2.90 bits per heavy atom. The molecule has 2 amide bonds. The van der Waals surface area contributed by atoms with Gasteiger partial charge in [0.25, 0.3) is 5.91 Å². The third kappa shape index (κ3) is 2.69. The zero-order valence-electron chi connectivity index (χ0n) is 12.0. The quantitative estimate of drug-likeness (QED) is 0.947. The lowest BCUT2D eigenvalue weighted by Gasteiger charge is -2.17. The Morgan fingerprint density at radius 2 is 2.19 bits per heavy atom. The molecule has 1 aliphatic heterocycles. The molecule has 0 unspecified atom stereocenters. The number of fused-ring (bicyclic) bond motifs is 1. The van der Waals surface area contributed by atoms with Gasteiger partial charge in [0, 0.05) is 23.2 Å². The number of rotatable bonds is 3. The van der Waals surface area contributed by atoms with E-state index < -0.39 is 0 Å². The monoisotopic (exact) mass is 300 g/mol. The van der Waals surface area contributed by atoms with Crippen LogP contribution in [0.25, 0.3) is 0 Å². The molecule has 0 atom stereocenters. The van der Waals surface area contributed by atoms with Gasteiger partial charge in [0.15, 0.2) is 0 Å². The first-order valence-corrected chi connectivity index (χ1v) is 7.64. The third-order valence-electron chi connectivity index (χ3n) is 3.68. The minimum absolute atomic E-state index is 0.0165. The maximum Gasteiger partial charge on any atom is 0.253 e. The van der Waals surface area contributed by atoms with Gasteiger partial charge in [-0.3, -0.25) is 9.59 Å². The van der Waals surface area contributed by atoms with E-state index in [0.717, 1.165) is 11.3 Å². The van der Waals surface area contributed by atoms with Crippen molar-refractivity contribution < 1.29 is 9.59 Å². The lowest BCUT2D eigenvalue weighted by molar-refractivity contribution is -0.115. The van der Waals surface area contributed by atoms with Crippen molar-refractivity contribution in [1.29, 1.82) is 0 Å². The molecule has 2 heterocycles. The van der Waals surface area contributed by atoms with Crippen molar-refractivity contribution in [2.45, 2.75) is 19.9 Å². The highest BCUT2D eigenvalue weighted by molar-refractivity contribution is 7.10. The van der Waals surface area contributed by atoms with Gasteiger partial charge in [-0.25, -0.2) is 0 Å². The fourth-order valence-electron chi connectivity index (χ4n) is 2.42. The second-order valence-electron chi connectivity index (χ2n) is 5.28. The summed E-state index contributed by atoms with van der Waals surface area (Å²) in [7, 11) is 1.80. The molecule has 21 heavy (non-hydrogen) atoms. The van der Waals surface area contributed by atoms with E-state index in [1.807, 2.05) is 11.4 Å². The average molecular weight is 300 g/mol. The predicted octanol–water partition coefficient (Wildman–Crippen LogP) is 2.82. The highest BCUT2D eigenvalue weighted by atomic mass is 32.1. The molecule has 4 nitrogen and oxygen atoms in total. The zero-order chi connectivity index (χ0) is 15.0. The Balaban J connectivity index is 1.78. The molecule has 0 saturated carbocycles. The van der Waals surface area contributed by atoms with E-state index in [9.17, 15) is 9.59 Å². The van der Waals surface area contributed by atoms with Crippen molar-refractivity contribution in [3.05, 3.63) is 51.2 Å². The Morgan fingerprint density at radius 1 is 1.38 bits per heavy atom. The number of amides is 2. The summed E-state index contributed by atoms with van der Waals surface area (Å²) in [4.78, 5) is 26.7. The van der Waals surface area contributed by atoms with E-state index in [1.165, 1.54) is 10.4 Å². The van der Waals surface area contributed by atoms with Crippen molar-refractivity contribution >= 4 is 28.8 Å². The molecule has 1 N–H and O–H groups in total. The molecule has 0 aliphatic carbocycles. The number of aryl methyl sites for hydroxylation is 1. The molecule has 1 aromatic heterocycles. The van der Waals surface area contributed by atoms with Gasteiger partial charge < -0.3 is 10.2 Å². The molecule has 0 saturated heterocycles. The van der Waals surface area contributed by atoms with Gasteiger partial charge in [-0.1, -0.05) is 6.07 Å². The summed E-state index contributed by atoms with van der Waals surface area (Å²) in [6.45, 7) is 2.65. The molecule has 0 fully saturated rings. The Bertz CT molecular complexity index is 721. The van der Waals surface area contributed by atoms with Crippen LogP contribution in [0.2, 0.25) is 0 Å². The van der Waals surface area contributed by atoms with Crippen LogP contribution in [0.5, 0.6) is 0 Å². The minimum Gasteiger partial charge on any atom is -0.337 e. The summed E-state index contributed by atoms with van der Waals surface area (Å²) in [6.07, 6.45) is 0.397. The normalized spacial score (nSPS) is 13.0. The van der Waals surface area contributed by atoms with E-state index in [4.69, 9.17) is 0 Å². The topological polar surface area (TPSA) is 49.4 Å². The van der Waals surface area contributed by atoms with Crippen LogP contribution in [0.4, 0.5) is 5.69 Å². The van der Waals surface area contributed by atoms with Crippen molar-refractivity contribution in [2.75, 3.05) is 12.4 Å². The largest absolute Gasteiger partial charge is 0.337 e. The smallest absolute Gasteiger partial charge is 0.253 e. The average Bonchev–Trinajstić information content (AvgIpc) is 3.02. The molecule has 5 heteroatoms.